The molecule has 0 saturated carbocycles. The van der Waals surface area contributed by atoms with E-state index in [0.29, 0.717) is 82.9 Å². The highest BCUT2D eigenvalue weighted by Crippen LogP contribution is 2.51. The van der Waals surface area contributed by atoms with Crippen molar-refractivity contribution < 1.29 is 19.1 Å². The van der Waals surface area contributed by atoms with Crippen LogP contribution in [-0.4, -0.2) is 155 Å². The molecule has 4 fully saturated rings. The third-order valence-electron chi connectivity index (χ3n) is 19.9. The van der Waals surface area contributed by atoms with Crippen molar-refractivity contribution in [1.82, 2.24) is 39.5 Å². The molecule has 7 unspecified atom stereocenters. The molecule has 418 valence electrons. The average Bonchev–Trinajstić information content (AvgIpc) is 4.47. The van der Waals surface area contributed by atoms with E-state index in [-0.39, 0.29) is 40.8 Å². The number of terminal acetylenes is 1. The summed E-state index contributed by atoms with van der Waals surface area (Å²) in [6.07, 6.45) is 28.9. The lowest BCUT2D eigenvalue weighted by molar-refractivity contribution is -0.129. The number of thiophene rings is 2. The summed E-state index contributed by atoms with van der Waals surface area (Å²) in [6, 6.07) is 3.81. The van der Waals surface area contributed by atoms with Crippen LogP contribution >= 0.6 is 22.7 Å². The van der Waals surface area contributed by atoms with E-state index in [1.54, 1.807) is 15.3 Å². The number of allylic oxidation sites excluding steroid dienone is 1. The second kappa shape index (κ2) is 22.7. The number of carbonyl (C=O) groups is 2. The van der Waals surface area contributed by atoms with Gasteiger partial charge in [-0.15, -0.1) is 41.6 Å². The Labute approximate surface area is 476 Å². The Kier molecular flexibility index (Phi) is 15.5. The van der Waals surface area contributed by atoms with Crippen LogP contribution in [0.5, 0.6) is 12.0 Å². The zero-order valence-electron chi connectivity index (χ0n) is 46.8. The fourth-order valence-corrected chi connectivity index (χ4v) is 17.6. The van der Waals surface area contributed by atoms with Crippen molar-refractivity contribution in [2.24, 2.45) is 10.8 Å². The van der Waals surface area contributed by atoms with Gasteiger partial charge in [0.1, 0.15) is 24.8 Å². The summed E-state index contributed by atoms with van der Waals surface area (Å²) in [7, 11) is 4.44. The smallest absolute Gasteiger partial charge is 0.318 e. The predicted molar refractivity (Wildman–Crippen MR) is 315 cm³/mol. The molecule has 2 amide bonds. The van der Waals surface area contributed by atoms with Gasteiger partial charge in [-0.2, -0.15) is 19.9 Å². The van der Waals surface area contributed by atoms with Crippen molar-refractivity contribution >= 4 is 46.1 Å². The Hall–Kier alpha value is -5.60. The molecule has 0 radical (unpaired) electrons. The summed E-state index contributed by atoms with van der Waals surface area (Å²) in [5.74, 6) is 5.14. The van der Waals surface area contributed by atoms with Crippen molar-refractivity contribution in [1.29, 1.82) is 0 Å². The third-order valence-corrected chi connectivity index (χ3v) is 22.0. The monoisotopic (exact) mass is 1100 g/mol. The van der Waals surface area contributed by atoms with Gasteiger partial charge in [0.2, 0.25) is 11.8 Å². The Morgan fingerprint density at radius 1 is 0.709 bits per heavy atom. The summed E-state index contributed by atoms with van der Waals surface area (Å²) in [4.78, 5) is 63.7. The minimum Gasteiger partial charge on any atom is -0.462 e. The topological polar surface area (TPSA) is 124 Å². The standard InChI is InChI=1S/C63H80N10O4S2/c1-7-11-14-45-38-71(27-29-73(45)57(75)10-4)59-50-18-23-63(34-53(50)65-60(66-59)76-39-46-15-12-25-68(46)5)21-16-48-51(41-79-55(48)35-63)43-31-47(69(6)36-43)40-77-61-64-52-33-62(24-19-54-42(32-62)20-30-78-54)22-17-49(52)58(67-61)70-26-28-72(56(74)9-3)44(37-70)13-8-2/h2,7,9-10,20,30,41,43-47H,1,3-4,11-19,21-29,31-40H2,5-6H3. The van der Waals surface area contributed by atoms with Gasteiger partial charge in [0.15, 0.2) is 0 Å². The first-order chi connectivity index (χ1) is 38.4. The molecule has 0 bridgehead atoms. The van der Waals surface area contributed by atoms with Crippen LogP contribution in [0.15, 0.2) is 54.8 Å². The van der Waals surface area contributed by atoms with Crippen LogP contribution in [0.4, 0.5) is 11.6 Å². The van der Waals surface area contributed by atoms with Gasteiger partial charge in [0.05, 0.1) is 17.4 Å². The van der Waals surface area contributed by atoms with Crippen LogP contribution < -0.4 is 19.3 Å². The van der Waals surface area contributed by atoms with E-state index in [0.717, 1.165) is 132 Å². The maximum Gasteiger partial charge on any atom is 0.318 e. The maximum atomic E-state index is 13.0. The van der Waals surface area contributed by atoms with Gasteiger partial charge < -0.3 is 34.0 Å². The molecule has 0 aromatic carbocycles. The number of hydrogen-bond acceptors (Lipinski definition) is 14. The Morgan fingerprint density at radius 2 is 1.33 bits per heavy atom. The number of ether oxygens (including phenoxy) is 2. The molecule has 4 aliphatic carbocycles. The molecule has 4 aromatic rings. The first-order valence-electron chi connectivity index (χ1n) is 29.5. The number of amides is 2. The van der Waals surface area contributed by atoms with Crippen LogP contribution in [0.2, 0.25) is 0 Å². The van der Waals surface area contributed by atoms with Gasteiger partial charge in [-0.3, -0.25) is 14.5 Å². The molecular formula is C63H80N10O4S2. The van der Waals surface area contributed by atoms with Crippen molar-refractivity contribution in [3.8, 4) is 24.4 Å². The number of rotatable bonds is 15. The number of hydrogen-bond donors (Lipinski definition) is 0. The van der Waals surface area contributed by atoms with Gasteiger partial charge in [-0.05, 0) is 192 Å². The van der Waals surface area contributed by atoms with Gasteiger partial charge >= 0.3 is 12.0 Å². The molecule has 16 heteroatoms. The largest absolute Gasteiger partial charge is 0.462 e. The first-order valence-corrected chi connectivity index (χ1v) is 31.2. The highest BCUT2D eigenvalue weighted by atomic mass is 32.1. The molecule has 2 spiro atoms. The minimum absolute atomic E-state index is 0.00875. The Balaban J connectivity index is 0.749. The number of anilines is 2. The predicted octanol–water partition coefficient (Wildman–Crippen LogP) is 8.45. The average molecular weight is 1110 g/mol. The number of piperazine rings is 2. The zero-order valence-corrected chi connectivity index (χ0v) is 48.4. The molecular weight excluding hydrogens is 1020 g/mol. The maximum absolute atomic E-state index is 13.0. The number of nitrogens with zero attached hydrogens (tertiary/aromatic N) is 10. The number of likely N-dealkylation sites (N-methyl/N-ethyl adjacent to an activating group) is 2. The molecule has 8 aliphatic rings. The van der Waals surface area contributed by atoms with E-state index < -0.39 is 0 Å². The number of likely N-dealkylation sites (tertiary alicyclic amines) is 2. The SMILES string of the molecule is C#CCC1CN(c2nc(OCC3CC(c4csc5c4CCC4(CCc6c(nc(OCC7CCCN7C)nc6N6CCN(C(=O)C=C)C(CCC=C)C6)C4)C5)CN3C)nc3c2CCC2(CCc4sccc4C2)C3)CCN1C(=O)C=C. The third kappa shape index (κ3) is 10.8. The molecule has 8 heterocycles. The van der Waals surface area contributed by atoms with E-state index in [4.69, 9.17) is 35.8 Å². The minimum atomic E-state index is -0.123. The Morgan fingerprint density at radius 3 is 1.96 bits per heavy atom. The molecule has 79 heavy (non-hydrogen) atoms. The molecule has 4 saturated heterocycles. The summed E-state index contributed by atoms with van der Waals surface area (Å²) in [5.41, 5.74) is 9.73. The fraction of sp³-hybridized carbons (Fsp3) is 0.587. The van der Waals surface area contributed by atoms with Crippen LogP contribution in [0.1, 0.15) is 119 Å². The molecule has 4 aromatic heterocycles. The van der Waals surface area contributed by atoms with Crippen LogP contribution in [0.3, 0.4) is 0 Å². The number of aromatic nitrogens is 4. The lowest BCUT2D eigenvalue weighted by atomic mass is 9.64. The van der Waals surface area contributed by atoms with Crippen LogP contribution in [0, 0.1) is 23.2 Å². The summed E-state index contributed by atoms with van der Waals surface area (Å²) in [5, 5.41) is 4.75. The Bertz CT molecular complexity index is 3020. The quantitative estimate of drug-likeness (QED) is 0.0645. The van der Waals surface area contributed by atoms with E-state index in [1.807, 2.05) is 38.5 Å². The van der Waals surface area contributed by atoms with E-state index in [2.05, 4.69) is 76.2 Å². The molecule has 0 N–H and O–H groups in total. The lowest BCUT2D eigenvalue weighted by Crippen LogP contribution is -2.55. The summed E-state index contributed by atoms with van der Waals surface area (Å²) in [6.45, 7) is 18.7. The summed E-state index contributed by atoms with van der Waals surface area (Å²) >= 11 is 3.88. The molecule has 14 nitrogen and oxygen atoms in total. The normalized spacial score (nSPS) is 27.7. The van der Waals surface area contributed by atoms with Gasteiger partial charge in [0, 0.05) is 91.2 Å². The van der Waals surface area contributed by atoms with Crippen molar-refractivity contribution in [2.75, 3.05) is 89.5 Å². The lowest BCUT2D eigenvalue weighted by Gasteiger charge is -2.44. The molecule has 12 rings (SSSR count). The van der Waals surface area contributed by atoms with E-state index in [9.17, 15) is 9.59 Å². The second-order valence-electron chi connectivity index (χ2n) is 24.5. The first kappa shape index (κ1) is 54.0. The van der Waals surface area contributed by atoms with Crippen LogP contribution in [-0.2, 0) is 61.0 Å². The summed E-state index contributed by atoms with van der Waals surface area (Å²) < 4.78 is 13.4. The highest BCUT2D eigenvalue weighted by molar-refractivity contribution is 7.10. The zero-order chi connectivity index (χ0) is 54.4. The number of carbonyl (C=O) groups excluding carboxylic acids is 2. The van der Waals surface area contributed by atoms with Crippen molar-refractivity contribution in [3.63, 3.8) is 0 Å². The number of fused-ring (bicyclic) bond motifs is 4. The van der Waals surface area contributed by atoms with Gasteiger partial charge in [-0.1, -0.05) is 19.2 Å². The van der Waals surface area contributed by atoms with Crippen LogP contribution in [0.25, 0.3) is 0 Å². The second-order valence-corrected chi connectivity index (χ2v) is 26.5. The van der Waals surface area contributed by atoms with E-state index in [1.165, 1.54) is 47.2 Å². The molecule has 4 aliphatic heterocycles. The fourth-order valence-electron chi connectivity index (χ4n) is 15.3. The van der Waals surface area contributed by atoms with Gasteiger partial charge in [0.25, 0.3) is 0 Å². The number of aryl methyl sites for hydroxylation is 1. The van der Waals surface area contributed by atoms with E-state index >= 15 is 0 Å². The van der Waals surface area contributed by atoms with Crippen molar-refractivity contribution in [2.45, 2.75) is 146 Å². The van der Waals surface area contributed by atoms with Crippen molar-refractivity contribution in [3.05, 3.63) is 104 Å². The van der Waals surface area contributed by atoms with Gasteiger partial charge in [-0.25, -0.2) is 0 Å². The highest BCUT2D eigenvalue weighted by Gasteiger charge is 2.45. The molecule has 7 atom stereocenters.